The summed E-state index contributed by atoms with van der Waals surface area (Å²) in [6, 6.07) is 4.60. The van der Waals surface area contributed by atoms with Crippen molar-refractivity contribution in [1.29, 1.82) is 0 Å². The van der Waals surface area contributed by atoms with Crippen LogP contribution in [0, 0.1) is 0 Å². The Morgan fingerprint density at radius 1 is 0.676 bits per heavy atom. The van der Waals surface area contributed by atoms with Crippen LogP contribution in [0.2, 0.25) is 76.6 Å². The summed E-state index contributed by atoms with van der Waals surface area (Å²) in [5, 5.41) is 0. The maximum absolute atomic E-state index is 12.7. The third-order valence-electron chi connectivity index (χ3n) is 6.35. The predicted octanol–water partition coefficient (Wildman–Crippen LogP) is 7.52. The highest BCUT2D eigenvalue weighted by atomic mass is 28.4. The summed E-state index contributed by atoms with van der Waals surface area (Å²) in [5.74, 6) is -0.115. The lowest BCUT2D eigenvalue weighted by Crippen LogP contribution is -2.45. The van der Waals surface area contributed by atoms with Gasteiger partial charge < -0.3 is 18.9 Å². The first kappa shape index (κ1) is 33.8. The molecule has 0 aromatic carbocycles. The minimum atomic E-state index is -1.76. The van der Waals surface area contributed by atoms with Gasteiger partial charge in [0.05, 0.1) is 5.70 Å². The number of unbranched alkanes of at least 4 members (excludes halogenated alkanes) is 2. The van der Waals surface area contributed by atoms with Gasteiger partial charge in [0, 0.05) is 13.1 Å². The standard InChI is InChI=1S/C25H58N2O3Si4/c1-12-14-20-31(4,5)29-33(8,9)22-16-18-27(25(28)24(3)26)19-17-23-34(10,11)30-32(6,7)21-15-13-2/h3,12-23,26H2,1-2,4-11H3. The van der Waals surface area contributed by atoms with Crippen LogP contribution in [0.3, 0.4) is 0 Å². The highest BCUT2D eigenvalue weighted by Gasteiger charge is 2.34. The normalized spacial score (nSPS) is 13.2. The lowest BCUT2D eigenvalue weighted by atomic mass is 10.3. The van der Waals surface area contributed by atoms with Crippen molar-refractivity contribution in [3.8, 4) is 0 Å². The number of rotatable bonds is 19. The van der Waals surface area contributed by atoms with E-state index in [4.69, 9.17) is 14.0 Å². The van der Waals surface area contributed by atoms with Gasteiger partial charge in [-0.25, -0.2) is 0 Å². The first-order chi connectivity index (χ1) is 15.5. The number of amides is 1. The SMILES string of the molecule is C=C(N)C(=O)N(CCC[Si](C)(C)O[Si](C)(C)CCCC)CCC[Si](C)(C)O[Si](C)(C)CCCC. The Morgan fingerprint density at radius 2 is 0.971 bits per heavy atom. The van der Waals surface area contributed by atoms with Gasteiger partial charge >= 0.3 is 0 Å². The van der Waals surface area contributed by atoms with Crippen LogP contribution in [0.1, 0.15) is 52.4 Å². The molecule has 0 aromatic heterocycles. The third kappa shape index (κ3) is 15.7. The maximum atomic E-state index is 12.7. The van der Waals surface area contributed by atoms with Gasteiger partial charge in [0.15, 0.2) is 33.3 Å². The molecule has 0 radical (unpaired) electrons. The quantitative estimate of drug-likeness (QED) is 0.134. The average molecular weight is 547 g/mol. The monoisotopic (exact) mass is 546 g/mol. The topological polar surface area (TPSA) is 64.8 Å². The zero-order valence-electron chi connectivity index (χ0n) is 24.4. The fourth-order valence-electron chi connectivity index (χ4n) is 4.81. The molecule has 1 amide bonds. The smallest absolute Gasteiger partial charge is 0.269 e. The average Bonchev–Trinajstić information content (AvgIpc) is 2.67. The summed E-state index contributed by atoms with van der Waals surface area (Å²) in [7, 11) is -6.72. The Bertz CT molecular complexity index is 585. The molecular weight excluding hydrogens is 489 g/mol. The molecule has 0 spiro atoms. The van der Waals surface area contributed by atoms with Crippen LogP contribution in [-0.2, 0) is 13.0 Å². The number of nitrogens with two attached hydrogens (primary N) is 1. The van der Waals surface area contributed by atoms with Crippen molar-refractivity contribution in [3.63, 3.8) is 0 Å². The first-order valence-corrected chi connectivity index (χ1v) is 26.1. The second kappa shape index (κ2) is 15.1. The molecule has 0 aromatic rings. The van der Waals surface area contributed by atoms with Gasteiger partial charge in [-0.1, -0.05) is 46.1 Å². The Labute approximate surface area is 216 Å². The zero-order valence-corrected chi connectivity index (χ0v) is 28.4. The van der Waals surface area contributed by atoms with Crippen LogP contribution in [0.4, 0.5) is 0 Å². The molecule has 2 N–H and O–H groups in total. The van der Waals surface area contributed by atoms with E-state index in [-0.39, 0.29) is 11.6 Å². The van der Waals surface area contributed by atoms with Gasteiger partial charge in [-0.15, -0.1) is 0 Å². The van der Waals surface area contributed by atoms with Gasteiger partial charge in [-0.05, 0) is 89.4 Å². The van der Waals surface area contributed by atoms with E-state index in [1.807, 2.05) is 4.90 Å². The Balaban J connectivity index is 4.85. The molecule has 0 aliphatic carbocycles. The second-order valence-corrected chi connectivity index (χ2v) is 30.2. The van der Waals surface area contributed by atoms with Crippen LogP contribution in [0.5, 0.6) is 0 Å². The molecule has 0 rings (SSSR count). The molecule has 9 heteroatoms. The van der Waals surface area contributed by atoms with Crippen molar-refractivity contribution in [2.75, 3.05) is 13.1 Å². The molecule has 0 unspecified atom stereocenters. The molecular formula is C25H58N2O3Si4. The lowest BCUT2D eigenvalue weighted by Gasteiger charge is -2.35. The summed E-state index contributed by atoms with van der Waals surface area (Å²) >= 11 is 0. The number of nitrogens with zero attached hydrogens (tertiary/aromatic N) is 1. The predicted molar refractivity (Wildman–Crippen MR) is 160 cm³/mol. The van der Waals surface area contributed by atoms with E-state index < -0.39 is 33.3 Å². The first-order valence-electron chi connectivity index (χ1n) is 13.6. The number of hydrogen-bond acceptors (Lipinski definition) is 4. The second-order valence-electron chi connectivity index (χ2n) is 12.5. The van der Waals surface area contributed by atoms with Crippen LogP contribution < -0.4 is 5.73 Å². The van der Waals surface area contributed by atoms with E-state index in [0.717, 1.165) is 38.0 Å². The van der Waals surface area contributed by atoms with Crippen molar-refractivity contribution in [1.82, 2.24) is 4.90 Å². The zero-order chi connectivity index (χ0) is 26.6. The molecule has 5 nitrogen and oxygen atoms in total. The van der Waals surface area contributed by atoms with E-state index in [0.29, 0.717) is 0 Å². The van der Waals surface area contributed by atoms with Crippen LogP contribution in [0.15, 0.2) is 12.3 Å². The number of carbonyl (C=O) groups excluding carboxylic acids is 1. The molecule has 0 saturated carbocycles. The van der Waals surface area contributed by atoms with Gasteiger partial charge in [-0.3, -0.25) is 4.79 Å². The molecule has 0 aliphatic rings. The fourth-order valence-corrected chi connectivity index (χ4v) is 22.8. The Morgan fingerprint density at radius 3 is 1.24 bits per heavy atom. The molecule has 0 fully saturated rings. The lowest BCUT2D eigenvalue weighted by molar-refractivity contribution is -0.127. The summed E-state index contributed by atoms with van der Waals surface area (Å²) in [4.78, 5) is 14.6. The summed E-state index contributed by atoms with van der Waals surface area (Å²) in [6.45, 7) is 28.4. The van der Waals surface area contributed by atoms with E-state index in [2.05, 4.69) is 72.8 Å². The Hall–Kier alpha value is -0.202. The van der Waals surface area contributed by atoms with E-state index in [9.17, 15) is 4.79 Å². The molecule has 202 valence electrons. The van der Waals surface area contributed by atoms with E-state index in [1.165, 1.54) is 37.8 Å². The minimum Gasteiger partial charge on any atom is -0.455 e. The molecule has 0 saturated heterocycles. The highest BCUT2D eigenvalue weighted by molar-refractivity contribution is 6.85. The maximum Gasteiger partial charge on any atom is 0.269 e. The van der Waals surface area contributed by atoms with Gasteiger partial charge in [0.2, 0.25) is 0 Å². The molecule has 0 atom stereocenters. The largest absolute Gasteiger partial charge is 0.455 e. The number of hydrogen-bond donors (Lipinski definition) is 1. The van der Waals surface area contributed by atoms with Crippen molar-refractivity contribution in [3.05, 3.63) is 12.3 Å². The minimum absolute atomic E-state index is 0.115. The molecule has 0 heterocycles. The third-order valence-corrected chi connectivity index (χ3v) is 21.4. The molecule has 34 heavy (non-hydrogen) atoms. The number of carbonyl (C=O) groups is 1. The highest BCUT2D eigenvalue weighted by Crippen LogP contribution is 2.26. The summed E-state index contributed by atoms with van der Waals surface area (Å²) in [5.41, 5.74) is 5.95. The van der Waals surface area contributed by atoms with Gasteiger partial charge in [0.25, 0.3) is 5.91 Å². The molecule has 0 bridgehead atoms. The van der Waals surface area contributed by atoms with Crippen LogP contribution in [-0.4, -0.2) is 57.2 Å². The molecule has 0 aliphatic heterocycles. The van der Waals surface area contributed by atoms with E-state index >= 15 is 0 Å². The Kier molecular flexibility index (Phi) is 15.1. The van der Waals surface area contributed by atoms with Crippen LogP contribution >= 0.6 is 0 Å². The van der Waals surface area contributed by atoms with Crippen LogP contribution in [0.25, 0.3) is 0 Å². The summed E-state index contributed by atoms with van der Waals surface area (Å²) < 4.78 is 13.5. The van der Waals surface area contributed by atoms with Crippen molar-refractivity contribution in [2.24, 2.45) is 5.73 Å². The van der Waals surface area contributed by atoms with Gasteiger partial charge in [0.1, 0.15) is 0 Å². The van der Waals surface area contributed by atoms with Crippen molar-refractivity contribution >= 4 is 39.2 Å². The summed E-state index contributed by atoms with van der Waals surface area (Å²) in [6.07, 6.45) is 6.89. The van der Waals surface area contributed by atoms with Gasteiger partial charge in [-0.2, -0.15) is 0 Å². The van der Waals surface area contributed by atoms with Crippen molar-refractivity contribution in [2.45, 2.75) is 129 Å². The fraction of sp³-hybridized carbons (Fsp3) is 0.880. The van der Waals surface area contributed by atoms with Crippen molar-refractivity contribution < 1.29 is 13.0 Å². The van der Waals surface area contributed by atoms with E-state index in [1.54, 1.807) is 0 Å².